The lowest BCUT2D eigenvalue weighted by molar-refractivity contribution is -0.142. The summed E-state index contributed by atoms with van der Waals surface area (Å²) in [5, 5.41) is 3.67. The number of nitrogens with zero attached hydrogens (tertiary/aromatic N) is 1. The number of likely N-dealkylation sites (N-methyl/N-ethyl adjacent to an activating group) is 1. The molecule has 2 aromatic rings. The standard InChI is InChI=1S/C20H21BrCl2N2O3/c1-3-24-20(27)13(2)25(11-14-4-7-16(22)10-18(14)23)19(26)12-28-17-8-5-15(21)6-9-17/h4-10,13H,3,11-12H2,1-2H3,(H,24,27)/t13-/m0/s1. The lowest BCUT2D eigenvalue weighted by atomic mass is 10.1. The zero-order valence-corrected chi connectivity index (χ0v) is 18.6. The fourth-order valence-electron chi connectivity index (χ4n) is 2.50. The summed E-state index contributed by atoms with van der Waals surface area (Å²) in [7, 11) is 0. The zero-order valence-electron chi connectivity index (χ0n) is 15.5. The maximum atomic E-state index is 12.9. The SMILES string of the molecule is CCNC(=O)[C@H](C)N(Cc1ccc(Cl)cc1Cl)C(=O)COc1ccc(Br)cc1. The van der Waals surface area contributed by atoms with Crippen molar-refractivity contribution in [2.75, 3.05) is 13.2 Å². The van der Waals surface area contributed by atoms with Crippen LogP contribution in [0.2, 0.25) is 10.0 Å². The molecule has 8 heteroatoms. The van der Waals surface area contributed by atoms with Crippen LogP contribution >= 0.6 is 39.1 Å². The third-order valence-electron chi connectivity index (χ3n) is 4.05. The van der Waals surface area contributed by atoms with Crippen LogP contribution in [0.1, 0.15) is 19.4 Å². The molecule has 0 fully saturated rings. The van der Waals surface area contributed by atoms with Crippen LogP contribution in [0.4, 0.5) is 0 Å². The van der Waals surface area contributed by atoms with Crippen molar-refractivity contribution >= 4 is 50.9 Å². The summed E-state index contributed by atoms with van der Waals surface area (Å²) in [5.41, 5.74) is 0.694. The van der Waals surface area contributed by atoms with Gasteiger partial charge in [0.1, 0.15) is 11.8 Å². The van der Waals surface area contributed by atoms with Crippen molar-refractivity contribution in [1.82, 2.24) is 10.2 Å². The quantitative estimate of drug-likeness (QED) is 0.587. The number of nitrogens with one attached hydrogen (secondary N) is 1. The molecule has 0 aliphatic carbocycles. The fraction of sp³-hybridized carbons (Fsp3) is 0.300. The molecule has 2 rings (SSSR count). The number of benzene rings is 2. The van der Waals surface area contributed by atoms with Gasteiger partial charge in [0.25, 0.3) is 5.91 Å². The van der Waals surface area contributed by atoms with E-state index in [0.717, 1.165) is 4.47 Å². The first-order chi connectivity index (χ1) is 13.3. The van der Waals surface area contributed by atoms with E-state index in [1.165, 1.54) is 4.90 Å². The molecule has 0 aromatic heterocycles. The summed E-state index contributed by atoms with van der Waals surface area (Å²) in [6.45, 7) is 3.94. The molecule has 0 unspecified atom stereocenters. The van der Waals surface area contributed by atoms with Crippen LogP contribution in [0.3, 0.4) is 0 Å². The van der Waals surface area contributed by atoms with E-state index in [1.807, 2.05) is 19.1 Å². The largest absolute Gasteiger partial charge is 0.484 e. The van der Waals surface area contributed by atoms with Crippen molar-refractivity contribution in [1.29, 1.82) is 0 Å². The summed E-state index contributed by atoms with van der Waals surface area (Å²) in [4.78, 5) is 26.6. The van der Waals surface area contributed by atoms with Crippen LogP contribution in [0.25, 0.3) is 0 Å². The Hall–Kier alpha value is -1.76. The Labute approximate surface area is 183 Å². The maximum Gasteiger partial charge on any atom is 0.261 e. The highest BCUT2D eigenvalue weighted by molar-refractivity contribution is 9.10. The average Bonchev–Trinajstić information content (AvgIpc) is 2.66. The van der Waals surface area contributed by atoms with E-state index < -0.39 is 6.04 Å². The predicted molar refractivity (Wildman–Crippen MR) is 115 cm³/mol. The molecule has 0 saturated carbocycles. The van der Waals surface area contributed by atoms with Gasteiger partial charge < -0.3 is 15.0 Å². The number of halogens is 3. The molecule has 2 aromatic carbocycles. The molecule has 0 heterocycles. The van der Waals surface area contributed by atoms with Gasteiger partial charge in [0, 0.05) is 27.6 Å². The third kappa shape index (κ3) is 6.40. The van der Waals surface area contributed by atoms with E-state index in [2.05, 4.69) is 21.2 Å². The Bertz CT molecular complexity index is 831. The van der Waals surface area contributed by atoms with Crippen molar-refractivity contribution < 1.29 is 14.3 Å². The van der Waals surface area contributed by atoms with Gasteiger partial charge in [-0.1, -0.05) is 45.2 Å². The number of hydrogen-bond acceptors (Lipinski definition) is 3. The highest BCUT2D eigenvalue weighted by Crippen LogP contribution is 2.23. The average molecular weight is 488 g/mol. The summed E-state index contributed by atoms with van der Waals surface area (Å²) in [5.74, 6) is -0.0102. The Morgan fingerprint density at radius 3 is 2.46 bits per heavy atom. The second kappa shape index (κ2) is 10.7. The van der Waals surface area contributed by atoms with Crippen LogP contribution < -0.4 is 10.1 Å². The molecule has 0 aliphatic rings. The van der Waals surface area contributed by atoms with Crippen molar-refractivity contribution in [2.24, 2.45) is 0 Å². The van der Waals surface area contributed by atoms with Gasteiger partial charge >= 0.3 is 0 Å². The highest BCUT2D eigenvalue weighted by Gasteiger charge is 2.26. The molecule has 150 valence electrons. The number of rotatable bonds is 8. The fourth-order valence-corrected chi connectivity index (χ4v) is 3.23. The van der Waals surface area contributed by atoms with Gasteiger partial charge in [-0.05, 0) is 55.8 Å². The lowest BCUT2D eigenvalue weighted by Gasteiger charge is -2.29. The van der Waals surface area contributed by atoms with E-state index in [9.17, 15) is 9.59 Å². The van der Waals surface area contributed by atoms with Crippen molar-refractivity contribution in [3.05, 3.63) is 62.5 Å². The molecule has 5 nitrogen and oxygen atoms in total. The topological polar surface area (TPSA) is 58.6 Å². The predicted octanol–water partition coefficient (Wildman–Crippen LogP) is 4.69. The maximum absolute atomic E-state index is 12.9. The Morgan fingerprint density at radius 1 is 1.18 bits per heavy atom. The number of ether oxygens (including phenoxy) is 1. The summed E-state index contributed by atoms with van der Waals surface area (Å²) < 4.78 is 6.49. The van der Waals surface area contributed by atoms with E-state index in [1.54, 1.807) is 37.3 Å². The van der Waals surface area contributed by atoms with Gasteiger partial charge in [-0.25, -0.2) is 0 Å². The summed E-state index contributed by atoms with van der Waals surface area (Å²) >= 11 is 15.5. The molecule has 0 saturated heterocycles. The van der Waals surface area contributed by atoms with Gasteiger partial charge in [-0.15, -0.1) is 0 Å². The second-order valence-corrected chi connectivity index (χ2v) is 7.83. The van der Waals surface area contributed by atoms with Crippen LogP contribution in [-0.4, -0.2) is 35.9 Å². The normalized spacial score (nSPS) is 11.6. The number of hydrogen-bond donors (Lipinski definition) is 1. The number of amides is 2. The lowest BCUT2D eigenvalue weighted by Crippen LogP contribution is -2.49. The van der Waals surface area contributed by atoms with Gasteiger partial charge in [0.05, 0.1) is 0 Å². The Morgan fingerprint density at radius 2 is 1.86 bits per heavy atom. The van der Waals surface area contributed by atoms with Gasteiger partial charge in [0.2, 0.25) is 5.91 Å². The van der Waals surface area contributed by atoms with E-state index >= 15 is 0 Å². The monoisotopic (exact) mass is 486 g/mol. The molecule has 28 heavy (non-hydrogen) atoms. The molecule has 1 atom stereocenters. The zero-order chi connectivity index (χ0) is 20.7. The minimum absolute atomic E-state index is 0.164. The van der Waals surface area contributed by atoms with Crippen molar-refractivity contribution in [3.8, 4) is 5.75 Å². The van der Waals surface area contributed by atoms with Gasteiger partial charge in [0.15, 0.2) is 6.61 Å². The summed E-state index contributed by atoms with van der Waals surface area (Å²) in [6.07, 6.45) is 0. The minimum atomic E-state index is -0.687. The number of carbonyl (C=O) groups is 2. The number of carbonyl (C=O) groups excluding carboxylic acids is 2. The Balaban J connectivity index is 2.17. The van der Waals surface area contributed by atoms with E-state index in [-0.39, 0.29) is 25.0 Å². The van der Waals surface area contributed by atoms with Crippen molar-refractivity contribution in [2.45, 2.75) is 26.4 Å². The van der Waals surface area contributed by atoms with E-state index in [0.29, 0.717) is 27.9 Å². The van der Waals surface area contributed by atoms with Gasteiger partial charge in [-0.3, -0.25) is 9.59 Å². The summed E-state index contributed by atoms with van der Waals surface area (Å²) in [6, 6.07) is 11.5. The molecular weight excluding hydrogens is 467 g/mol. The smallest absolute Gasteiger partial charge is 0.261 e. The molecule has 1 N–H and O–H groups in total. The third-order valence-corrected chi connectivity index (χ3v) is 5.17. The first kappa shape index (κ1) is 22.5. The van der Waals surface area contributed by atoms with Crippen molar-refractivity contribution in [3.63, 3.8) is 0 Å². The van der Waals surface area contributed by atoms with Gasteiger partial charge in [-0.2, -0.15) is 0 Å². The van der Waals surface area contributed by atoms with Crippen LogP contribution in [0.15, 0.2) is 46.9 Å². The molecular formula is C20H21BrCl2N2O3. The molecule has 0 spiro atoms. The molecule has 2 amide bonds. The van der Waals surface area contributed by atoms with Crippen LogP contribution in [0.5, 0.6) is 5.75 Å². The second-order valence-electron chi connectivity index (χ2n) is 6.07. The Kier molecular flexibility index (Phi) is 8.60. The molecule has 0 aliphatic heterocycles. The van der Waals surface area contributed by atoms with E-state index in [4.69, 9.17) is 27.9 Å². The van der Waals surface area contributed by atoms with Crippen LogP contribution in [0, 0.1) is 0 Å². The van der Waals surface area contributed by atoms with Crippen LogP contribution in [-0.2, 0) is 16.1 Å². The first-order valence-corrected chi connectivity index (χ1v) is 10.3. The first-order valence-electron chi connectivity index (χ1n) is 8.71. The minimum Gasteiger partial charge on any atom is -0.484 e. The molecule has 0 radical (unpaired) electrons. The molecule has 0 bridgehead atoms. The highest BCUT2D eigenvalue weighted by atomic mass is 79.9.